The number of nitrogens with zero attached hydrogens (tertiary/aromatic N) is 6. The first-order valence-corrected chi connectivity index (χ1v) is 13.6. The number of rotatable bonds is 8. The molecule has 1 aliphatic heterocycles. The topological polar surface area (TPSA) is 99.2 Å². The largest absolute Gasteiger partial charge is 0.416 e. The van der Waals surface area contributed by atoms with Crippen LogP contribution >= 0.6 is 0 Å². The fourth-order valence-corrected chi connectivity index (χ4v) is 4.82. The maximum atomic E-state index is 13.8. The van der Waals surface area contributed by atoms with E-state index in [1.807, 2.05) is 17.9 Å². The third-order valence-electron chi connectivity index (χ3n) is 7.23. The molecule has 1 aliphatic rings. The molecule has 0 bridgehead atoms. The first-order chi connectivity index (χ1) is 20.2. The van der Waals surface area contributed by atoms with Crippen molar-refractivity contribution >= 4 is 23.2 Å². The lowest BCUT2D eigenvalue weighted by molar-refractivity contribution is -0.138. The minimum Gasteiger partial charge on any atom is -0.324 e. The van der Waals surface area contributed by atoms with E-state index >= 15 is 0 Å². The van der Waals surface area contributed by atoms with Gasteiger partial charge in [-0.05, 0) is 61.0 Å². The van der Waals surface area contributed by atoms with Crippen LogP contribution in [0.3, 0.4) is 0 Å². The average Bonchev–Trinajstić information content (AvgIpc) is 2.99. The molecule has 2 aromatic carbocycles. The van der Waals surface area contributed by atoms with Gasteiger partial charge in [-0.15, -0.1) is 0 Å². The molecule has 1 fully saturated rings. The highest BCUT2D eigenvalue weighted by Crippen LogP contribution is 2.33. The van der Waals surface area contributed by atoms with Gasteiger partial charge >= 0.3 is 6.18 Å². The quantitative estimate of drug-likeness (QED) is 0.288. The maximum absolute atomic E-state index is 13.8. The number of halogens is 3. The molecule has 1 saturated heterocycles. The molecule has 2 N–H and O–H groups in total. The minimum atomic E-state index is -4.51. The van der Waals surface area contributed by atoms with Crippen molar-refractivity contribution in [3.63, 3.8) is 0 Å². The third kappa shape index (κ3) is 7.07. The van der Waals surface area contributed by atoms with E-state index in [1.165, 1.54) is 18.5 Å². The van der Waals surface area contributed by atoms with E-state index in [4.69, 9.17) is 0 Å². The zero-order valence-corrected chi connectivity index (χ0v) is 23.3. The highest BCUT2D eigenvalue weighted by Gasteiger charge is 2.34. The fraction of sp³-hybridized carbons (Fsp3) is 0.300. The van der Waals surface area contributed by atoms with Gasteiger partial charge in [-0.2, -0.15) is 13.2 Å². The lowest BCUT2D eigenvalue weighted by Gasteiger charge is -2.34. The summed E-state index contributed by atoms with van der Waals surface area (Å²) in [5.41, 5.74) is 2.91. The molecule has 0 saturated carbocycles. The van der Waals surface area contributed by atoms with E-state index in [1.54, 1.807) is 36.8 Å². The van der Waals surface area contributed by atoms with Crippen molar-refractivity contribution < 1.29 is 18.0 Å². The summed E-state index contributed by atoms with van der Waals surface area (Å²) in [6.45, 7) is 7.95. The number of hydrogen-bond acceptors (Lipinski definition) is 8. The molecule has 12 heteroatoms. The number of likely N-dealkylation sites (N-methyl/N-ethyl adjacent to an activating group) is 1. The number of carbonyl (C=O) groups is 1. The fourth-order valence-electron chi connectivity index (χ4n) is 4.82. The van der Waals surface area contributed by atoms with Crippen molar-refractivity contribution in [1.82, 2.24) is 29.7 Å². The summed E-state index contributed by atoms with van der Waals surface area (Å²) in [7, 11) is 0. The lowest BCUT2D eigenvalue weighted by atomic mass is 10.0. The number of amides is 1. The van der Waals surface area contributed by atoms with Crippen LogP contribution in [0.2, 0.25) is 0 Å². The number of nitrogens with one attached hydrogen (secondary N) is 2. The van der Waals surface area contributed by atoms with E-state index in [-0.39, 0.29) is 17.7 Å². The Kier molecular flexibility index (Phi) is 8.74. The second-order valence-electron chi connectivity index (χ2n) is 10.1. The summed E-state index contributed by atoms with van der Waals surface area (Å²) in [6, 6.07) is 10.6. The van der Waals surface area contributed by atoms with Gasteiger partial charge in [-0.1, -0.05) is 13.0 Å². The van der Waals surface area contributed by atoms with Crippen LogP contribution in [0.5, 0.6) is 0 Å². The van der Waals surface area contributed by atoms with Crippen LogP contribution in [0.15, 0.2) is 67.4 Å². The summed E-state index contributed by atoms with van der Waals surface area (Å²) < 4.78 is 41.5. The van der Waals surface area contributed by atoms with Crippen LogP contribution in [-0.4, -0.2) is 68.4 Å². The van der Waals surface area contributed by atoms with E-state index < -0.39 is 17.6 Å². The molecule has 0 atom stereocenters. The van der Waals surface area contributed by atoms with Crippen molar-refractivity contribution in [2.24, 2.45) is 0 Å². The first-order valence-electron chi connectivity index (χ1n) is 13.6. The van der Waals surface area contributed by atoms with Gasteiger partial charge in [-0.3, -0.25) is 9.69 Å². The zero-order chi connectivity index (χ0) is 29.7. The van der Waals surface area contributed by atoms with Crippen LogP contribution < -0.4 is 10.6 Å². The minimum absolute atomic E-state index is 0.0900. The Morgan fingerprint density at radius 3 is 2.43 bits per heavy atom. The van der Waals surface area contributed by atoms with E-state index in [9.17, 15) is 18.0 Å². The normalized spacial score (nSPS) is 14.5. The number of aryl methyl sites for hydroxylation is 1. The second-order valence-corrected chi connectivity index (χ2v) is 10.1. The van der Waals surface area contributed by atoms with Crippen molar-refractivity contribution in [1.29, 1.82) is 0 Å². The Labute approximate surface area is 241 Å². The lowest BCUT2D eigenvalue weighted by Crippen LogP contribution is -2.45. The predicted octanol–water partition coefficient (Wildman–Crippen LogP) is 5.39. The van der Waals surface area contributed by atoms with Gasteiger partial charge in [0.15, 0.2) is 0 Å². The second kappa shape index (κ2) is 12.6. The molecule has 9 nitrogen and oxygen atoms in total. The van der Waals surface area contributed by atoms with Crippen molar-refractivity contribution in [2.75, 3.05) is 43.4 Å². The smallest absolute Gasteiger partial charge is 0.324 e. The molecule has 5 rings (SSSR count). The Morgan fingerprint density at radius 2 is 1.71 bits per heavy atom. The Balaban J connectivity index is 1.32. The number of hydrogen-bond donors (Lipinski definition) is 2. The molecule has 4 aromatic rings. The molecule has 218 valence electrons. The predicted molar refractivity (Wildman–Crippen MR) is 154 cm³/mol. The number of piperazine rings is 1. The molecule has 0 aliphatic carbocycles. The summed E-state index contributed by atoms with van der Waals surface area (Å²) in [6.07, 6.45) is 1.84. The molecule has 0 radical (unpaired) electrons. The maximum Gasteiger partial charge on any atom is 0.416 e. The van der Waals surface area contributed by atoms with Gasteiger partial charge in [0.25, 0.3) is 5.91 Å². The van der Waals surface area contributed by atoms with Crippen molar-refractivity contribution in [2.45, 2.75) is 26.6 Å². The molecule has 42 heavy (non-hydrogen) atoms. The number of carbonyl (C=O) groups excluding carboxylic acids is 1. The third-order valence-corrected chi connectivity index (χ3v) is 7.23. The van der Waals surface area contributed by atoms with Gasteiger partial charge < -0.3 is 15.5 Å². The number of benzene rings is 2. The highest BCUT2D eigenvalue weighted by atomic mass is 19.4. The zero-order valence-electron chi connectivity index (χ0n) is 23.3. The summed E-state index contributed by atoms with van der Waals surface area (Å²) in [5, 5.41) is 5.99. The van der Waals surface area contributed by atoms with Crippen LogP contribution in [0.4, 0.5) is 30.5 Å². The van der Waals surface area contributed by atoms with Crippen LogP contribution in [0.1, 0.15) is 34.0 Å². The molecule has 2 aromatic heterocycles. The molecule has 0 unspecified atom stereocenters. The molecular formula is C30H31F3N8O. The van der Waals surface area contributed by atoms with Gasteiger partial charge in [0.05, 0.1) is 11.3 Å². The summed E-state index contributed by atoms with van der Waals surface area (Å²) in [5.74, 6) is -0.159. The van der Waals surface area contributed by atoms with Crippen molar-refractivity contribution in [3.05, 3.63) is 89.6 Å². The number of alkyl halides is 3. The average molecular weight is 577 g/mol. The molecule has 0 spiro atoms. The van der Waals surface area contributed by atoms with Gasteiger partial charge in [-0.25, -0.2) is 19.9 Å². The van der Waals surface area contributed by atoms with Gasteiger partial charge in [0.1, 0.15) is 6.33 Å². The molecule has 1 amide bonds. The number of aromatic nitrogens is 4. The van der Waals surface area contributed by atoms with E-state index in [2.05, 4.69) is 42.4 Å². The van der Waals surface area contributed by atoms with E-state index in [0.29, 0.717) is 36.1 Å². The van der Waals surface area contributed by atoms with Crippen LogP contribution in [0, 0.1) is 6.92 Å². The molecule has 3 heterocycles. The van der Waals surface area contributed by atoms with Crippen LogP contribution in [0.25, 0.3) is 11.3 Å². The highest BCUT2D eigenvalue weighted by molar-refractivity contribution is 6.04. The van der Waals surface area contributed by atoms with Crippen LogP contribution in [-0.2, 0) is 12.7 Å². The Hall–Kier alpha value is -4.42. The Morgan fingerprint density at radius 1 is 0.976 bits per heavy atom. The summed E-state index contributed by atoms with van der Waals surface area (Å²) in [4.78, 5) is 34.3. The summed E-state index contributed by atoms with van der Waals surface area (Å²) >= 11 is 0. The van der Waals surface area contributed by atoms with Gasteiger partial charge in [0, 0.05) is 73.8 Å². The SMILES string of the molecule is CCN1CCN(Cc2cc(C(=O)Nc3ccc(C)c(Nc4nccc(-c5cncnc5)n4)c3)ccc2C(F)(F)F)CC1. The standard InChI is InChI=1S/C30H31F3N8O/c1-3-40-10-12-41(13-11-40)18-22-14-21(5-7-25(22)30(31,32)33)28(42)37-24-6-4-20(2)27(15-24)39-29-36-9-8-26(38-29)23-16-34-19-35-17-23/h4-9,14-17,19H,3,10-13,18H2,1-2H3,(H,37,42)(H,36,38,39). The first kappa shape index (κ1) is 29.1. The number of anilines is 3. The monoisotopic (exact) mass is 576 g/mol. The van der Waals surface area contributed by atoms with E-state index in [0.717, 1.165) is 36.8 Å². The van der Waals surface area contributed by atoms with Crippen molar-refractivity contribution in [3.8, 4) is 11.3 Å². The molecular weight excluding hydrogens is 545 g/mol. The van der Waals surface area contributed by atoms with Gasteiger partial charge in [0.2, 0.25) is 5.95 Å². The Bertz CT molecular complexity index is 1540.